The fourth-order valence-corrected chi connectivity index (χ4v) is 8.24. The van der Waals surface area contributed by atoms with Gasteiger partial charge in [0.2, 0.25) is 0 Å². The second kappa shape index (κ2) is 10.6. The summed E-state index contributed by atoms with van der Waals surface area (Å²) in [5.41, 5.74) is 11.7. The number of halogens is 1. The molecular formula is C45H29Cl. The summed E-state index contributed by atoms with van der Waals surface area (Å²) < 4.78 is 0. The lowest BCUT2D eigenvalue weighted by Gasteiger charge is -2.34. The van der Waals surface area contributed by atoms with Gasteiger partial charge in [-0.25, -0.2) is 0 Å². The van der Waals surface area contributed by atoms with E-state index in [0.29, 0.717) is 0 Å². The van der Waals surface area contributed by atoms with Gasteiger partial charge in [0, 0.05) is 10.9 Å². The summed E-state index contributed by atoms with van der Waals surface area (Å²) in [5, 5.41) is 5.46. The Kier molecular flexibility index (Phi) is 6.20. The molecule has 216 valence electrons. The first-order chi connectivity index (χ1) is 22.8. The van der Waals surface area contributed by atoms with Gasteiger partial charge in [0.15, 0.2) is 0 Å². The SMILES string of the molecule is Clc1c(-c2cccc3c2-c2ccccc2C3(c2ccccc2)c2ccccc2)cc(-c2ccccc2)c2c1ccc1ccccc12. The van der Waals surface area contributed by atoms with Gasteiger partial charge in [0.05, 0.1) is 10.4 Å². The molecule has 0 aliphatic heterocycles. The zero-order valence-corrected chi connectivity index (χ0v) is 25.9. The molecule has 0 aromatic heterocycles. The predicted molar refractivity (Wildman–Crippen MR) is 195 cm³/mol. The molecule has 1 heteroatoms. The van der Waals surface area contributed by atoms with Gasteiger partial charge < -0.3 is 0 Å². The Morgan fingerprint density at radius 2 is 0.978 bits per heavy atom. The van der Waals surface area contributed by atoms with Gasteiger partial charge in [0.25, 0.3) is 0 Å². The molecule has 0 heterocycles. The fourth-order valence-electron chi connectivity index (χ4n) is 7.93. The van der Waals surface area contributed by atoms with Crippen LogP contribution in [0.2, 0.25) is 5.02 Å². The largest absolute Gasteiger partial charge is 0.0830 e. The molecule has 0 atom stereocenters. The van der Waals surface area contributed by atoms with Crippen LogP contribution in [0.1, 0.15) is 22.3 Å². The fraction of sp³-hybridized carbons (Fsp3) is 0.0222. The van der Waals surface area contributed by atoms with Gasteiger partial charge in [-0.3, -0.25) is 0 Å². The van der Waals surface area contributed by atoms with E-state index in [0.717, 1.165) is 21.5 Å². The van der Waals surface area contributed by atoms with Crippen LogP contribution in [-0.4, -0.2) is 0 Å². The van der Waals surface area contributed by atoms with E-state index in [2.05, 4.69) is 176 Å². The standard InChI is InChI=1S/C45H29Cl/c46-44-37-28-27-31-17-10-11-22-34(31)42(37)38(30-15-4-1-5-16-30)29-39(44)35-24-14-26-41-43(35)36-23-12-13-25-40(36)45(41,32-18-6-2-7-19-32)33-20-8-3-9-21-33/h1-29H. The first-order valence-corrected chi connectivity index (χ1v) is 16.2. The van der Waals surface area contributed by atoms with Crippen LogP contribution < -0.4 is 0 Å². The van der Waals surface area contributed by atoms with Crippen molar-refractivity contribution >= 4 is 33.1 Å². The van der Waals surface area contributed by atoms with E-state index in [4.69, 9.17) is 11.6 Å². The summed E-state index contributed by atoms with van der Waals surface area (Å²) in [6.45, 7) is 0. The third-order valence-electron chi connectivity index (χ3n) is 9.82. The van der Waals surface area contributed by atoms with Crippen molar-refractivity contribution in [3.8, 4) is 33.4 Å². The monoisotopic (exact) mass is 604 g/mol. The van der Waals surface area contributed by atoms with Crippen LogP contribution in [0.25, 0.3) is 54.9 Å². The molecule has 0 radical (unpaired) electrons. The summed E-state index contributed by atoms with van der Waals surface area (Å²) in [5.74, 6) is 0. The number of fused-ring (bicyclic) bond motifs is 6. The average molecular weight is 605 g/mol. The Morgan fingerprint density at radius 3 is 1.72 bits per heavy atom. The zero-order valence-electron chi connectivity index (χ0n) is 25.1. The summed E-state index contributed by atoms with van der Waals surface area (Å²) in [4.78, 5) is 0. The maximum atomic E-state index is 7.57. The lowest BCUT2D eigenvalue weighted by Crippen LogP contribution is -2.28. The molecular weight excluding hydrogens is 576 g/mol. The van der Waals surface area contributed by atoms with Crippen molar-refractivity contribution in [1.29, 1.82) is 0 Å². The Balaban J connectivity index is 1.42. The Morgan fingerprint density at radius 1 is 0.391 bits per heavy atom. The molecule has 0 fully saturated rings. The zero-order chi connectivity index (χ0) is 30.7. The Bertz CT molecular complexity index is 2370. The van der Waals surface area contributed by atoms with Gasteiger partial charge in [0.1, 0.15) is 0 Å². The number of benzene rings is 8. The lowest BCUT2D eigenvalue weighted by atomic mass is 9.67. The van der Waals surface area contributed by atoms with Crippen molar-refractivity contribution < 1.29 is 0 Å². The minimum absolute atomic E-state index is 0.466. The van der Waals surface area contributed by atoms with E-state index in [1.165, 1.54) is 60.7 Å². The molecule has 0 bridgehead atoms. The first kappa shape index (κ1) is 26.9. The minimum Gasteiger partial charge on any atom is -0.0830 e. The normalized spacial score (nSPS) is 13.1. The van der Waals surface area contributed by atoms with E-state index in [9.17, 15) is 0 Å². The van der Waals surface area contributed by atoms with E-state index in [-0.39, 0.29) is 0 Å². The maximum absolute atomic E-state index is 7.57. The molecule has 0 saturated carbocycles. The second-order valence-corrected chi connectivity index (χ2v) is 12.5. The molecule has 8 aromatic rings. The molecule has 9 rings (SSSR count). The van der Waals surface area contributed by atoms with Crippen molar-refractivity contribution in [2.24, 2.45) is 0 Å². The number of rotatable bonds is 4. The summed E-state index contributed by atoms with van der Waals surface area (Å²) in [6.07, 6.45) is 0. The van der Waals surface area contributed by atoms with Gasteiger partial charge in [-0.1, -0.05) is 181 Å². The number of hydrogen-bond acceptors (Lipinski definition) is 0. The highest BCUT2D eigenvalue weighted by Crippen LogP contribution is 2.59. The lowest BCUT2D eigenvalue weighted by molar-refractivity contribution is 0.768. The Labute approximate surface area is 274 Å². The molecule has 1 aliphatic carbocycles. The van der Waals surface area contributed by atoms with Crippen LogP contribution in [-0.2, 0) is 5.41 Å². The van der Waals surface area contributed by atoms with E-state index in [1.807, 2.05) is 0 Å². The van der Waals surface area contributed by atoms with Gasteiger partial charge in [-0.15, -0.1) is 0 Å². The van der Waals surface area contributed by atoms with Crippen molar-refractivity contribution in [3.63, 3.8) is 0 Å². The second-order valence-electron chi connectivity index (χ2n) is 12.1. The van der Waals surface area contributed by atoms with Gasteiger partial charge in [-0.05, 0) is 72.3 Å². The molecule has 0 unspecified atom stereocenters. The molecule has 0 N–H and O–H groups in total. The molecule has 46 heavy (non-hydrogen) atoms. The van der Waals surface area contributed by atoms with Crippen molar-refractivity contribution in [2.45, 2.75) is 5.41 Å². The van der Waals surface area contributed by atoms with E-state index >= 15 is 0 Å². The first-order valence-electron chi connectivity index (χ1n) is 15.8. The molecule has 0 nitrogen and oxygen atoms in total. The highest BCUT2D eigenvalue weighted by Gasteiger charge is 2.46. The minimum atomic E-state index is -0.466. The molecule has 0 saturated heterocycles. The van der Waals surface area contributed by atoms with Crippen molar-refractivity contribution in [2.75, 3.05) is 0 Å². The van der Waals surface area contributed by atoms with Crippen LogP contribution >= 0.6 is 11.6 Å². The highest BCUT2D eigenvalue weighted by molar-refractivity contribution is 6.40. The van der Waals surface area contributed by atoms with E-state index in [1.54, 1.807) is 0 Å². The summed E-state index contributed by atoms with van der Waals surface area (Å²) >= 11 is 7.57. The van der Waals surface area contributed by atoms with Crippen molar-refractivity contribution in [1.82, 2.24) is 0 Å². The highest BCUT2D eigenvalue weighted by atomic mass is 35.5. The average Bonchev–Trinajstić information content (AvgIpc) is 3.44. The molecule has 1 aliphatic rings. The quantitative estimate of drug-likeness (QED) is 0.175. The topological polar surface area (TPSA) is 0 Å². The maximum Gasteiger partial charge on any atom is 0.0713 e. The summed E-state index contributed by atoms with van der Waals surface area (Å²) in [6, 6.07) is 63.7. The van der Waals surface area contributed by atoms with Crippen LogP contribution in [0.5, 0.6) is 0 Å². The smallest absolute Gasteiger partial charge is 0.0713 e. The van der Waals surface area contributed by atoms with Crippen LogP contribution in [0.4, 0.5) is 0 Å². The van der Waals surface area contributed by atoms with Gasteiger partial charge in [-0.2, -0.15) is 0 Å². The Hall–Kier alpha value is -5.43. The third kappa shape index (κ3) is 3.81. The van der Waals surface area contributed by atoms with E-state index < -0.39 is 5.41 Å². The molecule has 0 amide bonds. The molecule has 0 spiro atoms. The van der Waals surface area contributed by atoms with Crippen LogP contribution in [0.3, 0.4) is 0 Å². The van der Waals surface area contributed by atoms with Gasteiger partial charge >= 0.3 is 0 Å². The van der Waals surface area contributed by atoms with Crippen molar-refractivity contribution in [3.05, 3.63) is 203 Å². The van der Waals surface area contributed by atoms with Crippen LogP contribution in [0.15, 0.2) is 176 Å². The third-order valence-corrected chi connectivity index (χ3v) is 10.2. The predicted octanol–water partition coefficient (Wildman–Crippen LogP) is 12.3. The van der Waals surface area contributed by atoms with Crippen LogP contribution in [0, 0.1) is 0 Å². The molecule has 8 aromatic carbocycles. The number of hydrogen-bond donors (Lipinski definition) is 0. The summed E-state index contributed by atoms with van der Waals surface area (Å²) in [7, 11) is 0.